The van der Waals surface area contributed by atoms with E-state index in [2.05, 4.69) is 0 Å². The Morgan fingerprint density at radius 3 is 2.16 bits per heavy atom. The highest BCUT2D eigenvalue weighted by molar-refractivity contribution is 6.30. The van der Waals surface area contributed by atoms with Gasteiger partial charge >= 0.3 is 0 Å². The topological polar surface area (TPSA) is 59.1 Å². The molecule has 0 saturated carbocycles. The Morgan fingerprint density at radius 1 is 0.935 bits per heavy atom. The maximum absolute atomic E-state index is 12.7. The van der Waals surface area contributed by atoms with Crippen molar-refractivity contribution in [1.82, 2.24) is 9.80 Å². The molecule has 0 spiro atoms. The SMILES string of the molecule is Cc1ccc(OCCCC(=O)N2CCN(C(=O)C(C)Oc3ccc(Cl)cc3)CC2)cc1. The lowest BCUT2D eigenvalue weighted by Gasteiger charge is -2.36. The van der Waals surface area contributed by atoms with Crippen molar-refractivity contribution in [3.8, 4) is 11.5 Å². The minimum Gasteiger partial charge on any atom is -0.494 e. The molecule has 2 aromatic rings. The zero-order chi connectivity index (χ0) is 22.2. The van der Waals surface area contributed by atoms with Crippen molar-refractivity contribution in [2.75, 3.05) is 32.8 Å². The monoisotopic (exact) mass is 444 g/mol. The summed E-state index contributed by atoms with van der Waals surface area (Å²) in [6, 6.07) is 14.8. The number of carbonyl (C=O) groups is 2. The summed E-state index contributed by atoms with van der Waals surface area (Å²) in [5.74, 6) is 1.45. The van der Waals surface area contributed by atoms with Crippen molar-refractivity contribution in [2.24, 2.45) is 0 Å². The number of aryl methyl sites for hydroxylation is 1. The highest BCUT2D eigenvalue weighted by atomic mass is 35.5. The maximum Gasteiger partial charge on any atom is 0.263 e. The van der Waals surface area contributed by atoms with Gasteiger partial charge < -0.3 is 19.3 Å². The van der Waals surface area contributed by atoms with Crippen LogP contribution in [-0.4, -0.2) is 60.5 Å². The number of hydrogen-bond acceptors (Lipinski definition) is 4. The molecule has 2 aromatic carbocycles. The minimum atomic E-state index is -0.595. The number of halogens is 1. The number of carbonyl (C=O) groups excluding carboxylic acids is 2. The third-order valence-electron chi connectivity index (χ3n) is 5.24. The van der Waals surface area contributed by atoms with Crippen molar-refractivity contribution in [2.45, 2.75) is 32.8 Å². The molecule has 1 heterocycles. The van der Waals surface area contributed by atoms with Gasteiger partial charge in [-0.05, 0) is 56.7 Å². The smallest absolute Gasteiger partial charge is 0.263 e. The number of nitrogens with zero attached hydrogens (tertiary/aromatic N) is 2. The summed E-state index contributed by atoms with van der Waals surface area (Å²) in [5, 5.41) is 0.619. The number of piperazine rings is 1. The van der Waals surface area contributed by atoms with Crippen molar-refractivity contribution < 1.29 is 19.1 Å². The zero-order valence-electron chi connectivity index (χ0n) is 18.1. The first kappa shape index (κ1) is 22.9. The van der Waals surface area contributed by atoms with Gasteiger partial charge in [-0.3, -0.25) is 9.59 Å². The van der Waals surface area contributed by atoms with E-state index in [1.165, 1.54) is 5.56 Å². The van der Waals surface area contributed by atoms with Crippen LogP contribution in [0, 0.1) is 6.92 Å². The van der Waals surface area contributed by atoms with Gasteiger partial charge in [0, 0.05) is 37.6 Å². The number of ether oxygens (including phenoxy) is 2. The van der Waals surface area contributed by atoms with Gasteiger partial charge in [0.1, 0.15) is 11.5 Å². The molecular weight excluding hydrogens is 416 g/mol. The van der Waals surface area contributed by atoms with Crippen LogP contribution in [0.2, 0.25) is 5.02 Å². The molecule has 166 valence electrons. The van der Waals surface area contributed by atoms with Crippen molar-refractivity contribution >= 4 is 23.4 Å². The average Bonchev–Trinajstić information content (AvgIpc) is 2.79. The van der Waals surface area contributed by atoms with E-state index in [1.807, 2.05) is 36.1 Å². The third-order valence-corrected chi connectivity index (χ3v) is 5.49. The van der Waals surface area contributed by atoms with Crippen LogP contribution in [0.25, 0.3) is 0 Å². The van der Waals surface area contributed by atoms with Gasteiger partial charge in [0.15, 0.2) is 6.10 Å². The fourth-order valence-electron chi connectivity index (χ4n) is 3.41. The van der Waals surface area contributed by atoms with E-state index >= 15 is 0 Å². The molecule has 1 atom stereocenters. The second-order valence-electron chi connectivity index (χ2n) is 7.69. The minimum absolute atomic E-state index is 0.0754. The summed E-state index contributed by atoms with van der Waals surface area (Å²) in [6.07, 6.45) is 0.510. The van der Waals surface area contributed by atoms with Crippen LogP contribution in [0.15, 0.2) is 48.5 Å². The van der Waals surface area contributed by atoms with Crippen LogP contribution in [0.5, 0.6) is 11.5 Å². The van der Waals surface area contributed by atoms with Gasteiger partial charge in [-0.2, -0.15) is 0 Å². The van der Waals surface area contributed by atoms with Gasteiger partial charge in [0.2, 0.25) is 5.91 Å². The molecule has 0 bridgehead atoms. The van der Waals surface area contributed by atoms with E-state index in [9.17, 15) is 9.59 Å². The third kappa shape index (κ3) is 6.89. The Morgan fingerprint density at radius 2 is 1.52 bits per heavy atom. The lowest BCUT2D eigenvalue weighted by molar-refractivity contribution is -0.143. The summed E-state index contributed by atoms with van der Waals surface area (Å²) in [5.41, 5.74) is 1.19. The Hall–Kier alpha value is -2.73. The highest BCUT2D eigenvalue weighted by Crippen LogP contribution is 2.18. The predicted octanol–water partition coefficient (Wildman–Crippen LogP) is 3.95. The molecule has 7 heteroatoms. The molecule has 1 aliphatic rings. The van der Waals surface area contributed by atoms with E-state index in [1.54, 1.807) is 36.1 Å². The van der Waals surface area contributed by atoms with E-state index in [4.69, 9.17) is 21.1 Å². The molecule has 0 N–H and O–H groups in total. The van der Waals surface area contributed by atoms with E-state index in [0.717, 1.165) is 5.75 Å². The molecule has 1 aliphatic heterocycles. The average molecular weight is 445 g/mol. The zero-order valence-corrected chi connectivity index (χ0v) is 18.8. The van der Waals surface area contributed by atoms with Crippen molar-refractivity contribution in [3.05, 3.63) is 59.1 Å². The van der Waals surface area contributed by atoms with Gasteiger partial charge in [0.05, 0.1) is 6.61 Å². The number of hydrogen-bond donors (Lipinski definition) is 0. The molecule has 1 saturated heterocycles. The van der Waals surface area contributed by atoms with Crippen LogP contribution in [0.3, 0.4) is 0 Å². The molecular formula is C24H29ClN2O4. The van der Waals surface area contributed by atoms with Crippen LogP contribution < -0.4 is 9.47 Å². The molecule has 0 aromatic heterocycles. The standard InChI is InChI=1S/C24H29ClN2O4/c1-18-5-9-21(10-6-18)30-17-3-4-23(28)26-13-15-27(16-14-26)24(29)19(2)31-22-11-7-20(25)8-12-22/h5-12,19H,3-4,13-17H2,1-2H3. The number of rotatable bonds is 8. The lowest BCUT2D eigenvalue weighted by Crippen LogP contribution is -2.53. The molecule has 0 radical (unpaired) electrons. The van der Waals surface area contributed by atoms with Gasteiger partial charge in [-0.15, -0.1) is 0 Å². The molecule has 3 rings (SSSR count). The van der Waals surface area contributed by atoms with Crippen molar-refractivity contribution in [3.63, 3.8) is 0 Å². The van der Waals surface area contributed by atoms with Gasteiger partial charge in [-0.1, -0.05) is 29.3 Å². The van der Waals surface area contributed by atoms with E-state index in [-0.39, 0.29) is 11.8 Å². The lowest BCUT2D eigenvalue weighted by atomic mass is 10.2. The second kappa shape index (κ2) is 11.0. The fraction of sp³-hybridized carbons (Fsp3) is 0.417. The molecule has 31 heavy (non-hydrogen) atoms. The molecule has 1 fully saturated rings. The van der Waals surface area contributed by atoms with Crippen LogP contribution in [-0.2, 0) is 9.59 Å². The van der Waals surface area contributed by atoms with E-state index in [0.29, 0.717) is 56.4 Å². The maximum atomic E-state index is 12.7. The Bertz CT molecular complexity index is 862. The molecule has 0 aliphatic carbocycles. The largest absolute Gasteiger partial charge is 0.494 e. The molecule has 1 unspecified atom stereocenters. The van der Waals surface area contributed by atoms with Gasteiger partial charge in [0.25, 0.3) is 5.91 Å². The summed E-state index contributed by atoms with van der Waals surface area (Å²) >= 11 is 5.87. The van der Waals surface area contributed by atoms with Gasteiger partial charge in [-0.25, -0.2) is 0 Å². The first-order chi connectivity index (χ1) is 14.9. The van der Waals surface area contributed by atoms with Crippen molar-refractivity contribution in [1.29, 1.82) is 0 Å². The fourth-order valence-corrected chi connectivity index (χ4v) is 3.53. The molecule has 2 amide bonds. The second-order valence-corrected chi connectivity index (χ2v) is 8.12. The summed E-state index contributed by atoms with van der Waals surface area (Å²) in [6.45, 7) is 6.38. The Labute approximate surface area is 188 Å². The van der Waals surface area contributed by atoms with Crippen LogP contribution in [0.4, 0.5) is 0 Å². The van der Waals surface area contributed by atoms with E-state index < -0.39 is 6.10 Å². The Kier molecular flexibility index (Phi) is 8.18. The predicted molar refractivity (Wildman–Crippen MR) is 121 cm³/mol. The number of amides is 2. The molecule has 6 nitrogen and oxygen atoms in total. The highest BCUT2D eigenvalue weighted by Gasteiger charge is 2.27. The first-order valence-corrected chi connectivity index (χ1v) is 11.0. The van der Waals surface area contributed by atoms with Crippen LogP contribution >= 0.6 is 11.6 Å². The number of benzene rings is 2. The Balaban J connectivity index is 1.36. The summed E-state index contributed by atoms with van der Waals surface area (Å²) in [4.78, 5) is 28.7. The summed E-state index contributed by atoms with van der Waals surface area (Å²) < 4.78 is 11.4. The first-order valence-electron chi connectivity index (χ1n) is 10.6. The normalized spacial score (nSPS) is 14.8. The van der Waals surface area contributed by atoms with Crippen LogP contribution in [0.1, 0.15) is 25.3 Å². The quantitative estimate of drug-likeness (QED) is 0.578. The summed E-state index contributed by atoms with van der Waals surface area (Å²) in [7, 11) is 0.